The Labute approximate surface area is 116 Å². The molecule has 0 spiro atoms. The number of nitrogens with zero attached hydrogens (tertiary/aromatic N) is 2. The van der Waals surface area contributed by atoms with Crippen molar-refractivity contribution in [1.29, 1.82) is 0 Å². The molecule has 1 aromatic heterocycles. The van der Waals surface area contributed by atoms with Gasteiger partial charge in [0.05, 0.1) is 0 Å². The molecule has 0 bridgehead atoms. The highest BCUT2D eigenvalue weighted by atomic mass is 79.9. The Morgan fingerprint density at radius 3 is 2.61 bits per heavy atom. The molecule has 94 valence electrons. The molecule has 2 aromatic rings. The third-order valence-corrected chi connectivity index (χ3v) is 3.11. The van der Waals surface area contributed by atoms with Crippen LogP contribution in [0.4, 0.5) is 11.5 Å². The van der Waals surface area contributed by atoms with Gasteiger partial charge in [0.15, 0.2) is 0 Å². The molecule has 0 saturated heterocycles. The fourth-order valence-corrected chi connectivity index (χ4v) is 1.99. The van der Waals surface area contributed by atoms with Gasteiger partial charge in [-0.25, -0.2) is 9.97 Å². The van der Waals surface area contributed by atoms with Crippen molar-refractivity contribution < 1.29 is 0 Å². The van der Waals surface area contributed by atoms with Crippen LogP contribution in [0.5, 0.6) is 0 Å². The fraction of sp³-hybridized carbons (Fsp3) is 0.286. The third kappa shape index (κ3) is 3.81. The van der Waals surface area contributed by atoms with Crippen LogP contribution in [0.3, 0.4) is 0 Å². The predicted molar refractivity (Wildman–Crippen MR) is 78.1 cm³/mol. The summed E-state index contributed by atoms with van der Waals surface area (Å²) in [6, 6.07) is 10.3. The van der Waals surface area contributed by atoms with E-state index in [0.717, 1.165) is 22.5 Å². The van der Waals surface area contributed by atoms with Gasteiger partial charge in [-0.15, -0.1) is 0 Å². The summed E-state index contributed by atoms with van der Waals surface area (Å²) in [6.07, 6.45) is 5.15. The van der Waals surface area contributed by atoms with Gasteiger partial charge in [0.25, 0.3) is 0 Å². The van der Waals surface area contributed by atoms with Crippen LogP contribution >= 0.6 is 15.9 Å². The molecule has 0 aliphatic rings. The summed E-state index contributed by atoms with van der Waals surface area (Å²) in [5.74, 6) is 0.790. The molecule has 2 rings (SSSR count). The molecule has 0 unspecified atom stereocenters. The molecular formula is C14H16BrN3. The molecule has 3 nitrogen and oxygen atoms in total. The van der Waals surface area contributed by atoms with E-state index in [4.69, 9.17) is 0 Å². The van der Waals surface area contributed by atoms with Crippen molar-refractivity contribution in [2.24, 2.45) is 0 Å². The van der Waals surface area contributed by atoms with Crippen LogP contribution in [-0.4, -0.2) is 9.97 Å². The number of rotatable bonds is 5. The predicted octanol–water partition coefficient (Wildman–Crippen LogP) is 4.33. The topological polar surface area (TPSA) is 37.8 Å². The normalized spacial score (nSPS) is 10.3. The highest BCUT2D eigenvalue weighted by molar-refractivity contribution is 9.10. The van der Waals surface area contributed by atoms with Gasteiger partial charge in [-0.05, 0) is 46.5 Å². The van der Waals surface area contributed by atoms with Crippen molar-refractivity contribution in [2.45, 2.75) is 26.2 Å². The second kappa shape index (κ2) is 6.50. The Balaban J connectivity index is 2.02. The summed E-state index contributed by atoms with van der Waals surface area (Å²) in [5.41, 5.74) is 2.42. The molecule has 1 N–H and O–H groups in total. The SMILES string of the molecule is CCCCc1ccc(Nc2cc(Br)ncn2)cc1. The molecule has 0 aliphatic carbocycles. The molecule has 0 radical (unpaired) electrons. The van der Waals surface area contributed by atoms with Crippen molar-refractivity contribution in [3.63, 3.8) is 0 Å². The standard InChI is InChI=1S/C14H16BrN3/c1-2-3-4-11-5-7-12(8-6-11)18-14-9-13(15)16-10-17-14/h5-10H,2-4H2,1H3,(H,16,17,18). The van der Waals surface area contributed by atoms with E-state index >= 15 is 0 Å². The zero-order valence-electron chi connectivity index (χ0n) is 10.4. The molecule has 0 aliphatic heterocycles. The lowest BCUT2D eigenvalue weighted by Crippen LogP contribution is -1.94. The maximum Gasteiger partial charge on any atom is 0.134 e. The van der Waals surface area contributed by atoms with E-state index < -0.39 is 0 Å². The van der Waals surface area contributed by atoms with Crippen LogP contribution in [0.25, 0.3) is 0 Å². The minimum Gasteiger partial charge on any atom is -0.340 e. The van der Waals surface area contributed by atoms with Crippen molar-refractivity contribution in [3.8, 4) is 0 Å². The van der Waals surface area contributed by atoms with E-state index in [-0.39, 0.29) is 0 Å². The summed E-state index contributed by atoms with van der Waals surface area (Å²) < 4.78 is 0.777. The van der Waals surface area contributed by atoms with E-state index in [2.05, 4.69) is 62.4 Å². The Morgan fingerprint density at radius 2 is 1.94 bits per heavy atom. The van der Waals surface area contributed by atoms with Gasteiger partial charge in [-0.3, -0.25) is 0 Å². The van der Waals surface area contributed by atoms with Gasteiger partial charge < -0.3 is 5.32 Å². The molecule has 1 aromatic carbocycles. The van der Waals surface area contributed by atoms with Crippen molar-refractivity contribution in [2.75, 3.05) is 5.32 Å². The van der Waals surface area contributed by atoms with Crippen LogP contribution in [-0.2, 0) is 6.42 Å². The first-order chi connectivity index (χ1) is 8.78. The number of aryl methyl sites for hydroxylation is 1. The lowest BCUT2D eigenvalue weighted by molar-refractivity contribution is 0.795. The Kier molecular flexibility index (Phi) is 4.70. The molecule has 0 amide bonds. The second-order valence-electron chi connectivity index (χ2n) is 4.15. The quantitative estimate of drug-likeness (QED) is 0.836. The number of hydrogen-bond donors (Lipinski definition) is 1. The highest BCUT2D eigenvalue weighted by Gasteiger charge is 1.98. The van der Waals surface area contributed by atoms with Gasteiger partial charge in [-0.2, -0.15) is 0 Å². The van der Waals surface area contributed by atoms with Crippen LogP contribution in [0, 0.1) is 0 Å². The fourth-order valence-electron chi connectivity index (χ4n) is 1.69. The van der Waals surface area contributed by atoms with Gasteiger partial charge in [0, 0.05) is 11.8 Å². The number of unbranched alkanes of at least 4 members (excludes halogenated alkanes) is 1. The zero-order valence-corrected chi connectivity index (χ0v) is 11.9. The minimum absolute atomic E-state index is 0.777. The number of nitrogens with one attached hydrogen (secondary N) is 1. The van der Waals surface area contributed by atoms with E-state index in [9.17, 15) is 0 Å². The van der Waals surface area contributed by atoms with Crippen LogP contribution in [0.15, 0.2) is 41.3 Å². The summed E-state index contributed by atoms with van der Waals surface area (Å²) in [4.78, 5) is 8.15. The van der Waals surface area contributed by atoms with E-state index in [1.54, 1.807) is 0 Å². The van der Waals surface area contributed by atoms with E-state index in [0.29, 0.717) is 0 Å². The lowest BCUT2D eigenvalue weighted by Gasteiger charge is -2.06. The molecule has 18 heavy (non-hydrogen) atoms. The maximum atomic E-state index is 4.15. The van der Waals surface area contributed by atoms with Gasteiger partial charge >= 0.3 is 0 Å². The van der Waals surface area contributed by atoms with Crippen LogP contribution < -0.4 is 5.32 Å². The number of anilines is 2. The van der Waals surface area contributed by atoms with Gasteiger partial charge in [0.1, 0.15) is 16.7 Å². The van der Waals surface area contributed by atoms with E-state index in [1.165, 1.54) is 24.7 Å². The summed E-state index contributed by atoms with van der Waals surface area (Å²) >= 11 is 3.32. The minimum atomic E-state index is 0.777. The first-order valence-electron chi connectivity index (χ1n) is 6.11. The largest absolute Gasteiger partial charge is 0.340 e. The zero-order chi connectivity index (χ0) is 12.8. The first-order valence-corrected chi connectivity index (χ1v) is 6.90. The molecular weight excluding hydrogens is 290 g/mol. The molecule has 0 fully saturated rings. The summed E-state index contributed by atoms with van der Waals surface area (Å²) in [7, 11) is 0. The average Bonchev–Trinajstić information content (AvgIpc) is 2.38. The summed E-state index contributed by atoms with van der Waals surface area (Å²) in [5, 5.41) is 3.25. The third-order valence-electron chi connectivity index (χ3n) is 2.68. The summed E-state index contributed by atoms with van der Waals surface area (Å²) in [6.45, 7) is 2.21. The van der Waals surface area contributed by atoms with Crippen molar-refractivity contribution in [3.05, 3.63) is 46.8 Å². The number of hydrogen-bond acceptors (Lipinski definition) is 3. The smallest absolute Gasteiger partial charge is 0.134 e. The monoisotopic (exact) mass is 305 g/mol. The van der Waals surface area contributed by atoms with Crippen molar-refractivity contribution in [1.82, 2.24) is 9.97 Å². The van der Waals surface area contributed by atoms with Crippen LogP contribution in [0.2, 0.25) is 0 Å². The Morgan fingerprint density at radius 1 is 1.17 bits per heavy atom. The molecule has 0 atom stereocenters. The lowest BCUT2D eigenvalue weighted by atomic mass is 10.1. The number of halogens is 1. The molecule has 4 heteroatoms. The second-order valence-corrected chi connectivity index (χ2v) is 4.96. The highest BCUT2D eigenvalue weighted by Crippen LogP contribution is 2.17. The maximum absolute atomic E-state index is 4.15. The van der Waals surface area contributed by atoms with Gasteiger partial charge in [0.2, 0.25) is 0 Å². The van der Waals surface area contributed by atoms with Crippen molar-refractivity contribution >= 4 is 27.4 Å². The molecule has 0 saturated carbocycles. The number of benzene rings is 1. The Bertz CT molecular complexity index is 497. The molecule has 1 heterocycles. The first kappa shape index (κ1) is 13.0. The van der Waals surface area contributed by atoms with Gasteiger partial charge in [-0.1, -0.05) is 25.5 Å². The average molecular weight is 306 g/mol. The van der Waals surface area contributed by atoms with E-state index in [1.807, 2.05) is 6.07 Å². The van der Waals surface area contributed by atoms with Crippen LogP contribution in [0.1, 0.15) is 25.3 Å². The Hall–Kier alpha value is -1.42. The number of aromatic nitrogens is 2.